The first-order valence-corrected chi connectivity index (χ1v) is 9.75. The summed E-state index contributed by atoms with van der Waals surface area (Å²) in [6.07, 6.45) is 5.70. The highest BCUT2D eigenvalue weighted by Crippen LogP contribution is 2.28. The topological polar surface area (TPSA) is 79.9 Å². The van der Waals surface area contributed by atoms with Gasteiger partial charge >= 0.3 is 0 Å². The van der Waals surface area contributed by atoms with E-state index in [1.54, 1.807) is 19.2 Å². The fraction of sp³-hybridized carbons (Fsp3) is 0.474. The molecule has 8 heteroatoms. The summed E-state index contributed by atoms with van der Waals surface area (Å²) in [5.41, 5.74) is 5.79. The second kappa shape index (κ2) is 11.2. The zero-order chi connectivity index (χ0) is 19.6. The van der Waals surface area contributed by atoms with E-state index in [2.05, 4.69) is 15.2 Å². The Kier molecular flexibility index (Phi) is 8.91. The zero-order valence-corrected chi connectivity index (χ0v) is 17.0. The van der Waals surface area contributed by atoms with Crippen LogP contribution in [0.4, 0.5) is 0 Å². The summed E-state index contributed by atoms with van der Waals surface area (Å²) in [5, 5.41) is 3.89. The molecule has 1 aromatic rings. The van der Waals surface area contributed by atoms with E-state index in [1.807, 2.05) is 6.07 Å². The molecule has 3 N–H and O–H groups in total. The van der Waals surface area contributed by atoms with Gasteiger partial charge in [0.25, 0.3) is 5.91 Å². The van der Waals surface area contributed by atoms with Crippen LogP contribution >= 0.6 is 23.2 Å². The molecule has 2 rings (SSSR count). The molecule has 1 aromatic carbocycles. The molecule has 0 bridgehead atoms. The number of ether oxygens (including phenoxy) is 1. The van der Waals surface area contributed by atoms with Crippen molar-refractivity contribution in [3.05, 3.63) is 40.0 Å². The van der Waals surface area contributed by atoms with Gasteiger partial charge in [-0.05, 0) is 37.9 Å². The molecule has 27 heavy (non-hydrogen) atoms. The Morgan fingerprint density at radius 3 is 2.74 bits per heavy atom. The number of piperidine rings is 1. The Morgan fingerprint density at radius 1 is 1.37 bits per heavy atom. The van der Waals surface area contributed by atoms with Gasteiger partial charge < -0.3 is 20.7 Å². The van der Waals surface area contributed by atoms with E-state index < -0.39 is 0 Å². The quantitative estimate of drug-likeness (QED) is 0.390. The number of hydrogen-bond donors (Lipinski definition) is 2. The van der Waals surface area contributed by atoms with Gasteiger partial charge in [0, 0.05) is 45.2 Å². The third-order valence-electron chi connectivity index (χ3n) is 4.38. The Hall–Kier alpha value is -1.76. The minimum absolute atomic E-state index is 0.184. The molecular weight excluding hydrogens is 387 g/mol. The van der Waals surface area contributed by atoms with Crippen molar-refractivity contribution in [2.24, 2.45) is 10.7 Å². The first-order valence-electron chi connectivity index (χ1n) is 8.99. The Bertz CT molecular complexity index is 686. The lowest BCUT2D eigenvalue weighted by Gasteiger charge is -2.32. The summed E-state index contributed by atoms with van der Waals surface area (Å²) in [6.45, 7) is 3.48. The Balaban J connectivity index is 1.64. The molecule has 1 heterocycles. The fourth-order valence-corrected chi connectivity index (χ4v) is 3.20. The smallest absolute Gasteiger partial charge is 0.254 e. The van der Waals surface area contributed by atoms with Crippen LogP contribution in [0.3, 0.4) is 0 Å². The van der Waals surface area contributed by atoms with Crippen molar-refractivity contribution in [1.29, 1.82) is 0 Å². The number of aliphatic imine (C=N–C) groups is 1. The molecule has 1 aliphatic heterocycles. The van der Waals surface area contributed by atoms with Crippen molar-refractivity contribution in [3.63, 3.8) is 0 Å². The highest BCUT2D eigenvalue weighted by atomic mass is 35.5. The average molecular weight is 413 g/mol. The summed E-state index contributed by atoms with van der Waals surface area (Å²) in [4.78, 5) is 18.1. The van der Waals surface area contributed by atoms with Gasteiger partial charge in [-0.3, -0.25) is 9.79 Å². The van der Waals surface area contributed by atoms with Gasteiger partial charge in [0.1, 0.15) is 11.9 Å². The number of halogens is 2. The number of nitrogens with zero attached hydrogens (tertiary/aromatic N) is 2. The van der Waals surface area contributed by atoms with Crippen molar-refractivity contribution >= 4 is 35.3 Å². The molecule has 0 saturated carbocycles. The molecule has 0 spiro atoms. The van der Waals surface area contributed by atoms with Gasteiger partial charge in [-0.25, -0.2) is 0 Å². The van der Waals surface area contributed by atoms with Crippen molar-refractivity contribution in [2.75, 3.05) is 33.2 Å². The SMILES string of the molecule is C/N=C\C(=C/N)C(=O)NCCCN1CCC(Oc2ccc(Cl)c(Cl)c2)CC1. The fourth-order valence-electron chi connectivity index (χ4n) is 2.92. The molecule has 6 nitrogen and oxygen atoms in total. The van der Waals surface area contributed by atoms with E-state index in [4.69, 9.17) is 33.7 Å². The molecule has 1 amide bonds. The molecule has 0 aromatic heterocycles. The lowest BCUT2D eigenvalue weighted by atomic mass is 10.1. The van der Waals surface area contributed by atoms with Gasteiger partial charge in [0.2, 0.25) is 0 Å². The van der Waals surface area contributed by atoms with E-state index >= 15 is 0 Å². The summed E-state index contributed by atoms with van der Waals surface area (Å²) in [5.74, 6) is 0.557. The first kappa shape index (κ1) is 21.5. The highest BCUT2D eigenvalue weighted by molar-refractivity contribution is 6.42. The molecule has 0 unspecified atom stereocenters. The summed E-state index contributed by atoms with van der Waals surface area (Å²) < 4.78 is 6.00. The van der Waals surface area contributed by atoms with Crippen LogP contribution in [0.2, 0.25) is 10.0 Å². The van der Waals surface area contributed by atoms with Gasteiger partial charge in [-0.15, -0.1) is 0 Å². The number of nitrogens with one attached hydrogen (secondary N) is 1. The summed E-state index contributed by atoms with van der Waals surface area (Å²) in [6, 6.07) is 5.35. The van der Waals surface area contributed by atoms with Crippen LogP contribution in [0.1, 0.15) is 19.3 Å². The maximum Gasteiger partial charge on any atom is 0.254 e. The van der Waals surface area contributed by atoms with Crippen LogP contribution in [-0.4, -0.2) is 56.4 Å². The number of carbonyl (C=O) groups is 1. The molecule has 1 fully saturated rings. The van der Waals surface area contributed by atoms with Gasteiger partial charge in [0.15, 0.2) is 0 Å². The van der Waals surface area contributed by atoms with Crippen LogP contribution in [0.25, 0.3) is 0 Å². The lowest BCUT2D eigenvalue weighted by Crippen LogP contribution is -2.39. The number of likely N-dealkylation sites (tertiary alicyclic amines) is 1. The Morgan fingerprint density at radius 2 is 2.11 bits per heavy atom. The first-order chi connectivity index (χ1) is 13.0. The van der Waals surface area contributed by atoms with Crippen LogP contribution in [0.5, 0.6) is 5.75 Å². The van der Waals surface area contributed by atoms with Gasteiger partial charge in [0.05, 0.1) is 15.6 Å². The number of hydrogen-bond acceptors (Lipinski definition) is 5. The molecule has 1 aliphatic rings. The van der Waals surface area contributed by atoms with Crippen molar-refractivity contribution in [2.45, 2.75) is 25.4 Å². The lowest BCUT2D eigenvalue weighted by molar-refractivity contribution is -0.117. The van der Waals surface area contributed by atoms with Gasteiger partial charge in [-0.1, -0.05) is 23.2 Å². The van der Waals surface area contributed by atoms with E-state index in [0.29, 0.717) is 22.2 Å². The van der Waals surface area contributed by atoms with E-state index in [-0.39, 0.29) is 12.0 Å². The second-order valence-electron chi connectivity index (χ2n) is 6.35. The van der Waals surface area contributed by atoms with Crippen molar-refractivity contribution in [1.82, 2.24) is 10.2 Å². The minimum Gasteiger partial charge on any atom is -0.490 e. The number of rotatable bonds is 8. The predicted molar refractivity (Wildman–Crippen MR) is 111 cm³/mol. The number of nitrogens with two attached hydrogens (primary N) is 1. The normalized spacial score (nSPS) is 16.6. The third-order valence-corrected chi connectivity index (χ3v) is 5.11. The van der Waals surface area contributed by atoms with Crippen molar-refractivity contribution in [3.8, 4) is 5.75 Å². The molecule has 1 saturated heterocycles. The monoisotopic (exact) mass is 412 g/mol. The summed E-state index contributed by atoms with van der Waals surface area (Å²) in [7, 11) is 1.60. The van der Waals surface area contributed by atoms with Gasteiger partial charge in [-0.2, -0.15) is 0 Å². The molecule has 148 valence electrons. The number of carbonyl (C=O) groups excluding carboxylic acids is 1. The van der Waals surface area contributed by atoms with E-state index in [9.17, 15) is 4.79 Å². The highest BCUT2D eigenvalue weighted by Gasteiger charge is 2.20. The minimum atomic E-state index is -0.197. The predicted octanol–water partition coefficient (Wildman–Crippen LogP) is 2.89. The zero-order valence-electron chi connectivity index (χ0n) is 15.5. The van der Waals surface area contributed by atoms with Crippen LogP contribution in [-0.2, 0) is 4.79 Å². The van der Waals surface area contributed by atoms with E-state index in [1.165, 1.54) is 12.4 Å². The van der Waals surface area contributed by atoms with Crippen LogP contribution in [0, 0.1) is 0 Å². The standard InChI is InChI=1S/C19H26Cl2N4O2/c1-23-13-14(12-22)19(26)24-7-2-8-25-9-5-15(6-10-25)27-16-3-4-17(20)18(21)11-16/h3-4,11-13,15H,2,5-10,22H2,1H3,(H,24,26)/b14-12+,23-13-. The van der Waals surface area contributed by atoms with Crippen LogP contribution in [0.15, 0.2) is 35.0 Å². The maximum atomic E-state index is 11.9. The maximum absolute atomic E-state index is 11.9. The molecular formula is C19H26Cl2N4O2. The van der Waals surface area contributed by atoms with Crippen LogP contribution < -0.4 is 15.8 Å². The second-order valence-corrected chi connectivity index (χ2v) is 7.17. The average Bonchev–Trinajstić information content (AvgIpc) is 2.67. The molecule has 0 radical (unpaired) electrons. The van der Waals surface area contributed by atoms with E-state index in [0.717, 1.165) is 44.6 Å². The van der Waals surface area contributed by atoms with Crippen molar-refractivity contribution < 1.29 is 9.53 Å². The number of amides is 1. The molecule has 0 aliphatic carbocycles. The number of benzene rings is 1. The largest absolute Gasteiger partial charge is 0.490 e. The molecule has 0 atom stereocenters. The Labute approximate surface area is 170 Å². The summed E-state index contributed by atoms with van der Waals surface area (Å²) >= 11 is 12.0. The third kappa shape index (κ3) is 7.05.